The summed E-state index contributed by atoms with van der Waals surface area (Å²) >= 11 is 0. The van der Waals surface area contributed by atoms with Crippen LogP contribution in [0.1, 0.15) is 22.3 Å². The van der Waals surface area contributed by atoms with Crippen LogP contribution in [0.3, 0.4) is 0 Å². The van der Waals surface area contributed by atoms with Crippen LogP contribution in [0.15, 0.2) is 24.3 Å². The van der Waals surface area contributed by atoms with Crippen LogP contribution in [-0.4, -0.2) is 37.0 Å². The van der Waals surface area contributed by atoms with Gasteiger partial charge >= 0.3 is 0 Å². The normalized spacial score (nSPS) is 15.9. The average molecular weight is 255 g/mol. The zero-order chi connectivity index (χ0) is 11.4. The van der Waals surface area contributed by atoms with Gasteiger partial charge in [-0.1, -0.05) is 17.7 Å². The van der Waals surface area contributed by atoms with Crippen molar-refractivity contribution >= 4 is 18.3 Å². The Hall–Kier alpha value is -1.06. The lowest BCUT2D eigenvalue weighted by molar-refractivity contribution is 0.0766. The number of hydrogen-bond acceptors (Lipinski definition) is 2. The summed E-state index contributed by atoms with van der Waals surface area (Å²) in [6, 6.07) is 7.80. The first-order valence-corrected chi connectivity index (χ1v) is 5.84. The van der Waals surface area contributed by atoms with E-state index >= 15 is 0 Å². The number of aryl methyl sites for hydroxylation is 1. The van der Waals surface area contributed by atoms with Crippen molar-refractivity contribution in [3.8, 4) is 0 Å². The van der Waals surface area contributed by atoms with Crippen molar-refractivity contribution in [2.24, 2.45) is 0 Å². The van der Waals surface area contributed by atoms with Gasteiger partial charge in [0.1, 0.15) is 0 Å². The Labute approximate surface area is 109 Å². The standard InChI is InChI=1S/C13H18N2O.ClH/c1-11-3-5-12(6-4-11)13(16)15-9-2-7-14-8-10-15;/h3-6,14H,2,7-10H2,1H3;1H. The molecule has 1 aromatic rings. The van der Waals surface area contributed by atoms with E-state index in [-0.39, 0.29) is 18.3 Å². The molecule has 1 aliphatic rings. The first-order chi connectivity index (χ1) is 7.77. The largest absolute Gasteiger partial charge is 0.337 e. The van der Waals surface area contributed by atoms with Gasteiger partial charge in [-0.3, -0.25) is 4.79 Å². The van der Waals surface area contributed by atoms with Gasteiger partial charge < -0.3 is 10.2 Å². The molecule has 0 aliphatic carbocycles. The Bertz CT molecular complexity index is 356. The molecular formula is C13H19ClN2O. The van der Waals surface area contributed by atoms with E-state index in [4.69, 9.17) is 0 Å². The summed E-state index contributed by atoms with van der Waals surface area (Å²) in [5.74, 6) is 0.156. The number of amides is 1. The van der Waals surface area contributed by atoms with Gasteiger partial charge in [-0.15, -0.1) is 12.4 Å². The molecule has 1 fully saturated rings. The molecule has 1 aliphatic heterocycles. The minimum atomic E-state index is 0. The number of carbonyl (C=O) groups is 1. The molecule has 4 heteroatoms. The number of nitrogens with zero attached hydrogens (tertiary/aromatic N) is 1. The molecule has 0 atom stereocenters. The molecule has 1 saturated heterocycles. The first kappa shape index (κ1) is 14.0. The maximum Gasteiger partial charge on any atom is 0.253 e. The molecule has 17 heavy (non-hydrogen) atoms. The fourth-order valence-corrected chi connectivity index (χ4v) is 1.93. The van der Waals surface area contributed by atoms with E-state index in [1.807, 2.05) is 36.1 Å². The van der Waals surface area contributed by atoms with Crippen molar-refractivity contribution in [2.75, 3.05) is 26.2 Å². The lowest BCUT2D eigenvalue weighted by atomic mass is 10.1. The quantitative estimate of drug-likeness (QED) is 0.830. The van der Waals surface area contributed by atoms with E-state index in [0.717, 1.165) is 38.2 Å². The van der Waals surface area contributed by atoms with Crippen LogP contribution in [0.4, 0.5) is 0 Å². The zero-order valence-corrected chi connectivity index (χ0v) is 10.9. The van der Waals surface area contributed by atoms with E-state index in [1.165, 1.54) is 5.56 Å². The van der Waals surface area contributed by atoms with Gasteiger partial charge in [-0.2, -0.15) is 0 Å². The minimum absolute atomic E-state index is 0. The predicted molar refractivity (Wildman–Crippen MR) is 71.8 cm³/mol. The Morgan fingerprint density at radius 2 is 1.88 bits per heavy atom. The lowest BCUT2D eigenvalue weighted by Gasteiger charge is -2.19. The fourth-order valence-electron chi connectivity index (χ4n) is 1.93. The van der Waals surface area contributed by atoms with Crippen molar-refractivity contribution < 1.29 is 4.79 Å². The highest BCUT2D eigenvalue weighted by molar-refractivity contribution is 5.94. The molecule has 1 aromatic carbocycles. The SMILES string of the molecule is Cc1ccc(C(=O)N2CCCNCC2)cc1.Cl. The Balaban J connectivity index is 0.00000144. The van der Waals surface area contributed by atoms with Crippen molar-refractivity contribution in [3.63, 3.8) is 0 Å². The number of rotatable bonds is 1. The van der Waals surface area contributed by atoms with E-state index < -0.39 is 0 Å². The third-order valence-electron chi connectivity index (χ3n) is 2.93. The summed E-state index contributed by atoms with van der Waals surface area (Å²) in [5, 5.41) is 3.30. The van der Waals surface area contributed by atoms with Gasteiger partial charge in [0.05, 0.1) is 0 Å². The molecule has 1 N–H and O–H groups in total. The van der Waals surface area contributed by atoms with Crippen LogP contribution in [0.25, 0.3) is 0 Å². The molecule has 94 valence electrons. The Kier molecular flexibility index (Phi) is 5.45. The Morgan fingerprint density at radius 3 is 2.59 bits per heavy atom. The van der Waals surface area contributed by atoms with Gasteiger partial charge in [0.15, 0.2) is 0 Å². The summed E-state index contributed by atoms with van der Waals surface area (Å²) in [5.41, 5.74) is 1.99. The monoisotopic (exact) mass is 254 g/mol. The third kappa shape index (κ3) is 3.72. The van der Waals surface area contributed by atoms with Gasteiger partial charge in [0.25, 0.3) is 5.91 Å². The molecule has 0 saturated carbocycles. The van der Waals surface area contributed by atoms with E-state index in [1.54, 1.807) is 0 Å². The van der Waals surface area contributed by atoms with Gasteiger partial charge in [-0.25, -0.2) is 0 Å². The number of hydrogen-bond donors (Lipinski definition) is 1. The highest BCUT2D eigenvalue weighted by Gasteiger charge is 2.16. The summed E-state index contributed by atoms with van der Waals surface area (Å²) < 4.78 is 0. The summed E-state index contributed by atoms with van der Waals surface area (Å²) in [4.78, 5) is 14.1. The molecule has 0 aromatic heterocycles. The number of benzene rings is 1. The molecule has 3 nitrogen and oxygen atoms in total. The van der Waals surface area contributed by atoms with Crippen molar-refractivity contribution in [1.29, 1.82) is 0 Å². The minimum Gasteiger partial charge on any atom is -0.337 e. The maximum atomic E-state index is 12.2. The van der Waals surface area contributed by atoms with Gasteiger partial charge in [0.2, 0.25) is 0 Å². The van der Waals surface area contributed by atoms with Gasteiger partial charge in [-0.05, 0) is 32.0 Å². The van der Waals surface area contributed by atoms with E-state index in [2.05, 4.69) is 5.32 Å². The summed E-state index contributed by atoms with van der Waals surface area (Å²) in [6.07, 6.45) is 1.04. The third-order valence-corrected chi connectivity index (χ3v) is 2.93. The molecule has 1 heterocycles. The van der Waals surface area contributed by atoms with E-state index in [9.17, 15) is 4.79 Å². The zero-order valence-electron chi connectivity index (χ0n) is 10.1. The Morgan fingerprint density at radius 1 is 1.18 bits per heavy atom. The number of nitrogens with one attached hydrogen (secondary N) is 1. The molecule has 1 amide bonds. The fraction of sp³-hybridized carbons (Fsp3) is 0.462. The lowest BCUT2D eigenvalue weighted by Crippen LogP contribution is -2.34. The summed E-state index contributed by atoms with van der Waals surface area (Å²) in [7, 11) is 0. The van der Waals surface area contributed by atoms with Crippen LogP contribution < -0.4 is 5.32 Å². The molecule has 0 spiro atoms. The topological polar surface area (TPSA) is 32.3 Å². The van der Waals surface area contributed by atoms with Crippen LogP contribution in [0, 0.1) is 6.92 Å². The second-order valence-electron chi connectivity index (χ2n) is 4.26. The van der Waals surface area contributed by atoms with Crippen LogP contribution in [0.2, 0.25) is 0 Å². The molecular weight excluding hydrogens is 236 g/mol. The van der Waals surface area contributed by atoms with Crippen LogP contribution >= 0.6 is 12.4 Å². The summed E-state index contributed by atoms with van der Waals surface area (Å²) in [6.45, 7) is 5.62. The molecule has 0 unspecified atom stereocenters. The predicted octanol–water partition coefficient (Wildman–Crippen LogP) is 1.85. The molecule has 2 rings (SSSR count). The molecule has 0 radical (unpaired) electrons. The first-order valence-electron chi connectivity index (χ1n) is 5.84. The smallest absolute Gasteiger partial charge is 0.253 e. The van der Waals surface area contributed by atoms with Crippen LogP contribution in [0.5, 0.6) is 0 Å². The van der Waals surface area contributed by atoms with E-state index in [0.29, 0.717) is 0 Å². The van der Waals surface area contributed by atoms with Crippen molar-refractivity contribution in [2.45, 2.75) is 13.3 Å². The second kappa shape index (κ2) is 6.62. The second-order valence-corrected chi connectivity index (χ2v) is 4.26. The van der Waals surface area contributed by atoms with Crippen molar-refractivity contribution in [1.82, 2.24) is 10.2 Å². The van der Waals surface area contributed by atoms with Crippen molar-refractivity contribution in [3.05, 3.63) is 35.4 Å². The highest BCUT2D eigenvalue weighted by Crippen LogP contribution is 2.08. The maximum absolute atomic E-state index is 12.2. The highest BCUT2D eigenvalue weighted by atomic mass is 35.5. The average Bonchev–Trinajstić information content (AvgIpc) is 2.57. The van der Waals surface area contributed by atoms with Gasteiger partial charge in [0, 0.05) is 25.2 Å². The molecule has 0 bridgehead atoms. The van der Waals surface area contributed by atoms with Crippen LogP contribution in [-0.2, 0) is 0 Å². The number of halogens is 1. The number of carbonyl (C=O) groups excluding carboxylic acids is 1.